The zero-order valence-corrected chi connectivity index (χ0v) is 15.7. The summed E-state index contributed by atoms with van der Waals surface area (Å²) in [4.78, 5) is 0. The minimum atomic E-state index is -4.16. The highest BCUT2D eigenvalue weighted by atomic mass is 19.3. The molecule has 3 nitrogen and oxygen atoms in total. The van der Waals surface area contributed by atoms with Crippen molar-refractivity contribution in [3.63, 3.8) is 0 Å². The van der Waals surface area contributed by atoms with Gasteiger partial charge in [-0.2, -0.15) is 17.6 Å². The molecule has 1 aliphatic heterocycles. The molecular formula is C22H15F6NO2. The molecule has 3 aromatic rings. The number of fused-ring (bicyclic) bond motifs is 1. The van der Waals surface area contributed by atoms with E-state index in [1.807, 2.05) is 0 Å². The molecule has 0 saturated heterocycles. The van der Waals surface area contributed by atoms with Crippen molar-refractivity contribution in [1.82, 2.24) is 0 Å². The van der Waals surface area contributed by atoms with E-state index >= 15 is 0 Å². The summed E-state index contributed by atoms with van der Waals surface area (Å²) in [5, 5.41) is 3.13. The van der Waals surface area contributed by atoms with E-state index in [1.54, 1.807) is 24.3 Å². The Hall–Kier alpha value is -3.20. The number of anilines is 1. The summed E-state index contributed by atoms with van der Waals surface area (Å²) in [5.74, 6) is -1.12. The van der Waals surface area contributed by atoms with Gasteiger partial charge in [-0.1, -0.05) is 30.3 Å². The first kappa shape index (κ1) is 21.0. The molecule has 0 bridgehead atoms. The van der Waals surface area contributed by atoms with Gasteiger partial charge in [-0.05, 0) is 35.4 Å². The predicted molar refractivity (Wildman–Crippen MR) is 101 cm³/mol. The lowest BCUT2D eigenvalue weighted by molar-refractivity contribution is -0.328. The van der Waals surface area contributed by atoms with E-state index in [1.165, 1.54) is 18.2 Å². The van der Waals surface area contributed by atoms with Gasteiger partial charge in [0.2, 0.25) is 0 Å². The molecule has 0 fully saturated rings. The van der Waals surface area contributed by atoms with Gasteiger partial charge in [0.25, 0.3) is 0 Å². The highest BCUT2D eigenvalue weighted by molar-refractivity contribution is 5.79. The fraction of sp³-hybridized carbons (Fsp3) is 0.182. The maximum atomic E-state index is 13.9. The molecule has 4 rings (SSSR count). The van der Waals surface area contributed by atoms with Gasteiger partial charge in [0.15, 0.2) is 0 Å². The van der Waals surface area contributed by atoms with Crippen LogP contribution in [0.25, 0.3) is 11.1 Å². The molecular weight excluding hydrogens is 424 g/mol. The number of alkyl halides is 4. The van der Waals surface area contributed by atoms with Gasteiger partial charge in [0.1, 0.15) is 24.0 Å². The molecule has 0 saturated carbocycles. The molecule has 3 aromatic carbocycles. The van der Waals surface area contributed by atoms with Crippen molar-refractivity contribution in [1.29, 1.82) is 0 Å². The lowest BCUT2D eigenvalue weighted by atomic mass is 9.99. The third-order valence-electron chi connectivity index (χ3n) is 4.77. The molecule has 1 unspecified atom stereocenters. The van der Waals surface area contributed by atoms with Crippen molar-refractivity contribution in [2.75, 3.05) is 11.9 Å². The number of ether oxygens (including phenoxy) is 2. The predicted octanol–water partition coefficient (Wildman–Crippen LogP) is 6.47. The Bertz CT molecular complexity index is 1080. The molecule has 1 N–H and O–H groups in total. The Morgan fingerprint density at radius 1 is 0.968 bits per heavy atom. The number of halogens is 6. The first-order valence-corrected chi connectivity index (χ1v) is 9.16. The molecule has 0 amide bonds. The van der Waals surface area contributed by atoms with Crippen LogP contribution in [0.5, 0.6) is 5.75 Å². The van der Waals surface area contributed by atoms with Crippen LogP contribution in [-0.4, -0.2) is 13.2 Å². The molecule has 0 aliphatic carbocycles. The Labute approximate surface area is 173 Å². The van der Waals surface area contributed by atoms with Crippen molar-refractivity contribution in [3.8, 4) is 16.9 Å². The quantitative estimate of drug-likeness (QED) is 0.463. The third kappa shape index (κ3) is 4.46. The lowest BCUT2D eigenvalue weighted by Gasteiger charge is -2.30. The summed E-state index contributed by atoms with van der Waals surface area (Å²) >= 11 is 0. The SMILES string of the molecule is Fc1cc(F)cc(-c2cccc3c2OCC(c2cccc(C(F)(F)OC(F)F)c2)N3)c1. The Balaban J connectivity index is 1.63. The van der Waals surface area contributed by atoms with E-state index in [2.05, 4.69) is 10.1 Å². The van der Waals surface area contributed by atoms with Crippen LogP contribution in [0.3, 0.4) is 0 Å². The van der Waals surface area contributed by atoms with Crippen LogP contribution in [0, 0.1) is 11.6 Å². The summed E-state index contributed by atoms with van der Waals surface area (Å²) in [7, 11) is 0. The van der Waals surface area contributed by atoms with Crippen LogP contribution in [-0.2, 0) is 10.8 Å². The fourth-order valence-corrected chi connectivity index (χ4v) is 3.43. The van der Waals surface area contributed by atoms with Crippen molar-refractivity contribution in [3.05, 3.63) is 83.4 Å². The molecule has 0 aromatic heterocycles. The number of para-hydroxylation sites is 1. The molecule has 1 aliphatic rings. The summed E-state index contributed by atoms with van der Waals surface area (Å²) in [6.45, 7) is -3.63. The van der Waals surface area contributed by atoms with Crippen LogP contribution in [0.2, 0.25) is 0 Å². The Kier molecular flexibility index (Phi) is 5.53. The van der Waals surface area contributed by atoms with Crippen LogP contribution < -0.4 is 10.1 Å². The first-order valence-electron chi connectivity index (χ1n) is 9.16. The van der Waals surface area contributed by atoms with E-state index < -0.39 is 36.0 Å². The van der Waals surface area contributed by atoms with Crippen LogP contribution >= 0.6 is 0 Å². The standard InChI is InChI=1S/C22H15F6NO2/c23-15-8-13(9-16(24)10-15)17-5-2-6-18-20(17)30-11-19(29-18)12-3-1-4-14(7-12)22(27,28)31-21(25)26/h1-10,19,21,29H,11H2. The molecule has 162 valence electrons. The van der Waals surface area contributed by atoms with E-state index in [4.69, 9.17) is 4.74 Å². The highest BCUT2D eigenvalue weighted by Crippen LogP contribution is 2.42. The van der Waals surface area contributed by atoms with E-state index in [9.17, 15) is 26.3 Å². The molecule has 1 atom stereocenters. The maximum Gasteiger partial charge on any atom is 0.387 e. The molecule has 1 heterocycles. The molecule has 31 heavy (non-hydrogen) atoms. The van der Waals surface area contributed by atoms with Crippen molar-refractivity contribution in [2.45, 2.75) is 18.8 Å². The van der Waals surface area contributed by atoms with Gasteiger partial charge in [0.05, 0.1) is 17.3 Å². The fourth-order valence-electron chi connectivity index (χ4n) is 3.43. The number of hydrogen-bond donors (Lipinski definition) is 1. The summed E-state index contributed by atoms with van der Waals surface area (Å²) in [6.07, 6.45) is -4.16. The molecule has 0 radical (unpaired) electrons. The lowest BCUT2D eigenvalue weighted by Crippen LogP contribution is -2.25. The number of benzene rings is 3. The summed E-state index contributed by atoms with van der Waals surface area (Å²) in [5.41, 5.74) is 0.858. The topological polar surface area (TPSA) is 30.5 Å². The smallest absolute Gasteiger partial charge is 0.387 e. The summed E-state index contributed by atoms with van der Waals surface area (Å²) in [6, 6.07) is 12.4. The Morgan fingerprint density at radius 2 is 1.68 bits per heavy atom. The minimum Gasteiger partial charge on any atom is -0.488 e. The largest absolute Gasteiger partial charge is 0.488 e. The van der Waals surface area contributed by atoms with Crippen LogP contribution in [0.15, 0.2) is 60.7 Å². The van der Waals surface area contributed by atoms with Crippen LogP contribution in [0.4, 0.5) is 32.0 Å². The Morgan fingerprint density at radius 3 is 2.39 bits per heavy atom. The zero-order chi connectivity index (χ0) is 22.2. The van der Waals surface area contributed by atoms with Gasteiger partial charge < -0.3 is 10.1 Å². The average Bonchev–Trinajstić information content (AvgIpc) is 2.71. The first-order chi connectivity index (χ1) is 14.7. The molecule has 9 heteroatoms. The number of rotatable bonds is 5. The van der Waals surface area contributed by atoms with Crippen molar-refractivity contribution in [2.24, 2.45) is 0 Å². The highest BCUT2D eigenvalue weighted by Gasteiger charge is 2.37. The van der Waals surface area contributed by atoms with Gasteiger partial charge >= 0.3 is 12.7 Å². The zero-order valence-electron chi connectivity index (χ0n) is 15.7. The minimum absolute atomic E-state index is 0.00649. The van der Waals surface area contributed by atoms with Gasteiger partial charge in [0, 0.05) is 11.6 Å². The maximum absolute atomic E-state index is 13.9. The normalized spacial score (nSPS) is 15.9. The van der Waals surface area contributed by atoms with Gasteiger partial charge in [-0.15, -0.1) is 0 Å². The second-order valence-electron chi connectivity index (χ2n) is 6.87. The third-order valence-corrected chi connectivity index (χ3v) is 4.77. The van der Waals surface area contributed by atoms with E-state index in [-0.39, 0.29) is 12.2 Å². The molecule has 0 spiro atoms. The van der Waals surface area contributed by atoms with Gasteiger partial charge in [-0.25, -0.2) is 8.78 Å². The van der Waals surface area contributed by atoms with Crippen molar-refractivity contribution >= 4 is 5.69 Å². The van der Waals surface area contributed by atoms with Gasteiger partial charge in [-0.3, -0.25) is 4.74 Å². The monoisotopic (exact) mass is 439 g/mol. The second kappa shape index (κ2) is 8.14. The van der Waals surface area contributed by atoms with E-state index in [0.29, 0.717) is 22.6 Å². The van der Waals surface area contributed by atoms with Crippen molar-refractivity contribution < 1.29 is 35.8 Å². The number of hydrogen-bond acceptors (Lipinski definition) is 3. The van der Waals surface area contributed by atoms with Crippen LogP contribution in [0.1, 0.15) is 17.2 Å². The number of nitrogens with one attached hydrogen (secondary N) is 1. The average molecular weight is 439 g/mol. The van der Waals surface area contributed by atoms with E-state index in [0.717, 1.165) is 18.2 Å². The second-order valence-corrected chi connectivity index (χ2v) is 6.87. The summed E-state index contributed by atoms with van der Waals surface area (Å²) < 4.78 is 88.8.